The fourth-order valence-corrected chi connectivity index (χ4v) is 3.19. The summed E-state index contributed by atoms with van der Waals surface area (Å²) in [5.41, 5.74) is 0.743. The number of amides is 1. The molecule has 0 heterocycles. The number of carbonyl (C=O) groups is 1. The highest BCUT2D eigenvalue weighted by atomic mass is 28.3. The van der Waals surface area contributed by atoms with Gasteiger partial charge in [0.05, 0.1) is 8.07 Å². The Kier molecular flexibility index (Phi) is 5.32. The fraction of sp³-hybridized carbons (Fsp3) is 0.533. The zero-order chi connectivity index (χ0) is 14.6. The van der Waals surface area contributed by atoms with Crippen LogP contribution in [0.15, 0.2) is 24.3 Å². The molecule has 0 aliphatic heterocycles. The van der Waals surface area contributed by atoms with E-state index in [-0.39, 0.29) is 11.9 Å². The van der Waals surface area contributed by atoms with Gasteiger partial charge in [0.1, 0.15) is 0 Å². The van der Waals surface area contributed by atoms with Crippen molar-refractivity contribution < 1.29 is 4.79 Å². The first-order valence-electron chi connectivity index (χ1n) is 6.76. The van der Waals surface area contributed by atoms with Crippen molar-refractivity contribution in [2.24, 2.45) is 0 Å². The zero-order valence-electron chi connectivity index (χ0n) is 12.9. The van der Waals surface area contributed by atoms with Gasteiger partial charge in [0.15, 0.2) is 0 Å². The first-order valence-corrected chi connectivity index (χ1v) is 10.3. The van der Waals surface area contributed by atoms with Gasteiger partial charge in [0, 0.05) is 18.2 Å². The van der Waals surface area contributed by atoms with Crippen LogP contribution in [0.2, 0.25) is 19.6 Å². The minimum absolute atomic E-state index is 0.0106. The van der Waals surface area contributed by atoms with Gasteiger partial charge < -0.3 is 10.2 Å². The van der Waals surface area contributed by atoms with Crippen molar-refractivity contribution in [1.29, 1.82) is 0 Å². The number of benzene rings is 1. The quantitative estimate of drug-likeness (QED) is 0.835. The third-order valence-corrected chi connectivity index (χ3v) is 5.10. The lowest BCUT2D eigenvalue weighted by Crippen LogP contribution is -2.40. The lowest BCUT2D eigenvalue weighted by Gasteiger charge is -2.19. The van der Waals surface area contributed by atoms with Crippen LogP contribution in [-0.2, 0) is 0 Å². The van der Waals surface area contributed by atoms with Crippen LogP contribution >= 0.6 is 0 Å². The maximum atomic E-state index is 12.1. The Bertz CT molecular complexity index is 421. The van der Waals surface area contributed by atoms with Crippen molar-refractivity contribution in [2.75, 3.05) is 20.6 Å². The summed E-state index contributed by atoms with van der Waals surface area (Å²) in [5.74, 6) is 0.0106. The Morgan fingerprint density at radius 3 is 2.16 bits per heavy atom. The van der Waals surface area contributed by atoms with Crippen molar-refractivity contribution >= 4 is 19.2 Å². The molecule has 0 aliphatic carbocycles. The maximum Gasteiger partial charge on any atom is 0.251 e. The smallest absolute Gasteiger partial charge is 0.251 e. The standard InChI is InChI=1S/C15H26N2OSi/c1-12(11-17(2)3)16-15(18)13-7-9-14(10-8-13)19(4,5)6/h7-10,12H,11H2,1-6H3,(H,16,18)/t12-/m1/s1. The van der Waals surface area contributed by atoms with E-state index < -0.39 is 8.07 Å². The van der Waals surface area contributed by atoms with Gasteiger partial charge in [-0.25, -0.2) is 0 Å². The highest BCUT2D eigenvalue weighted by Gasteiger charge is 2.17. The summed E-state index contributed by atoms with van der Waals surface area (Å²) >= 11 is 0. The van der Waals surface area contributed by atoms with E-state index in [9.17, 15) is 4.79 Å². The molecule has 0 unspecified atom stereocenters. The number of nitrogens with one attached hydrogen (secondary N) is 1. The van der Waals surface area contributed by atoms with Crippen LogP contribution in [0.4, 0.5) is 0 Å². The van der Waals surface area contributed by atoms with E-state index in [0.29, 0.717) is 0 Å². The summed E-state index contributed by atoms with van der Waals surface area (Å²) in [6, 6.07) is 8.21. The van der Waals surface area contributed by atoms with Crippen LogP contribution in [0.3, 0.4) is 0 Å². The minimum atomic E-state index is -1.28. The predicted molar refractivity (Wildman–Crippen MR) is 84.9 cm³/mol. The Morgan fingerprint density at radius 2 is 1.74 bits per heavy atom. The average Bonchev–Trinajstić information content (AvgIpc) is 2.26. The molecule has 0 saturated heterocycles. The molecule has 1 atom stereocenters. The van der Waals surface area contributed by atoms with Crippen molar-refractivity contribution in [1.82, 2.24) is 10.2 Å². The Labute approximate surface area is 118 Å². The molecular weight excluding hydrogens is 252 g/mol. The summed E-state index contributed by atoms with van der Waals surface area (Å²) in [5, 5.41) is 4.40. The van der Waals surface area contributed by atoms with Gasteiger partial charge in [-0.05, 0) is 33.2 Å². The molecule has 4 heteroatoms. The highest BCUT2D eigenvalue weighted by Crippen LogP contribution is 2.05. The van der Waals surface area contributed by atoms with Crippen molar-refractivity contribution in [3.05, 3.63) is 29.8 Å². The van der Waals surface area contributed by atoms with Crippen LogP contribution in [0.1, 0.15) is 17.3 Å². The summed E-state index contributed by atoms with van der Waals surface area (Å²) in [6.45, 7) is 9.79. The molecule has 3 nitrogen and oxygen atoms in total. The molecule has 106 valence electrons. The SMILES string of the molecule is C[C@H](CN(C)C)NC(=O)c1ccc([Si](C)(C)C)cc1. The monoisotopic (exact) mass is 278 g/mol. The molecular formula is C15H26N2OSi. The predicted octanol–water partition coefficient (Wildman–Crippen LogP) is 1.91. The Morgan fingerprint density at radius 1 is 1.21 bits per heavy atom. The number of nitrogens with zero attached hydrogens (tertiary/aromatic N) is 1. The van der Waals surface area contributed by atoms with Crippen LogP contribution in [0, 0.1) is 0 Å². The molecule has 0 aromatic heterocycles. The van der Waals surface area contributed by atoms with Gasteiger partial charge in [-0.1, -0.05) is 37.0 Å². The number of hydrogen-bond acceptors (Lipinski definition) is 2. The normalized spacial score (nSPS) is 13.4. The largest absolute Gasteiger partial charge is 0.348 e. The molecule has 1 N–H and O–H groups in total. The van der Waals surface area contributed by atoms with Gasteiger partial charge in [-0.15, -0.1) is 0 Å². The topological polar surface area (TPSA) is 32.3 Å². The molecule has 1 amide bonds. The second-order valence-corrected chi connectivity index (χ2v) is 11.5. The lowest BCUT2D eigenvalue weighted by atomic mass is 10.2. The van der Waals surface area contributed by atoms with E-state index in [0.717, 1.165) is 12.1 Å². The first-order chi connectivity index (χ1) is 8.70. The number of carbonyl (C=O) groups excluding carboxylic acids is 1. The number of rotatable bonds is 5. The van der Waals surface area contributed by atoms with E-state index >= 15 is 0 Å². The number of hydrogen-bond donors (Lipinski definition) is 1. The van der Waals surface area contributed by atoms with Crippen LogP contribution < -0.4 is 10.5 Å². The summed E-state index contributed by atoms with van der Waals surface area (Å²) in [7, 11) is 2.73. The third-order valence-electron chi connectivity index (χ3n) is 3.03. The van der Waals surface area contributed by atoms with E-state index in [1.165, 1.54) is 5.19 Å². The second-order valence-electron chi connectivity index (χ2n) is 6.46. The summed E-state index contributed by atoms with van der Waals surface area (Å²) < 4.78 is 0. The average molecular weight is 278 g/mol. The van der Waals surface area contributed by atoms with Crippen LogP contribution in [-0.4, -0.2) is 45.6 Å². The highest BCUT2D eigenvalue weighted by molar-refractivity contribution is 6.88. The van der Waals surface area contributed by atoms with Gasteiger partial charge >= 0.3 is 0 Å². The van der Waals surface area contributed by atoms with E-state index in [1.54, 1.807) is 0 Å². The van der Waals surface area contributed by atoms with Crippen molar-refractivity contribution in [2.45, 2.75) is 32.6 Å². The van der Waals surface area contributed by atoms with Gasteiger partial charge in [0.25, 0.3) is 5.91 Å². The zero-order valence-corrected chi connectivity index (χ0v) is 13.9. The fourth-order valence-electron chi connectivity index (χ4n) is 2.02. The molecule has 0 fully saturated rings. The Hall–Kier alpha value is -1.13. The van der Waals surface area contributed by atoms with Crippen LogP contribution in [0.5, 0.6) is 0 Å². The first kappa shape index (κ1) is 15.9. The minimum Gasteiger partial charge on any atom is -0.348 e. The molecule has 1 aromatic rings. The maximum absolute atomic E-state index is 12.1. The van der Waals surface area contributed by atoms with Gasteiger partial charge in [0.2, 0.25) is 0 Å². The van der Waals surface area contributed by atoms with Crippen molar-refractivity contribution in [3.8, 4) is 0 Å². The molecule has 1 aromatic carbocycles. The number of likely N-dealkylation sites (N-methyl/N-ethyl adjacent to an activating group) is 1. The van der Waals surface area contributed by atoms with Gasteiger partial charge in [-0.2, -0.15) is 0 Å². The molecule has 0 aliphatic rings. The lowest BCUT2D eigenvalue weighted by molar-refractivity contribution is 0.0934. The molecule has 0 radical (unpaired) electrons. The van der Waals surface area contributed by atoms with Crippen LogP contribution in [0.25, 0.3) is 0 Å². The summed E-state index contributed by atoms with van der Waals surface area (Å²) in [4.78, 5) is 14.1. The molecule has 0 saturated carbocycles. The molecule has 19 heavy (non-hydrogen) atoms. The van der Waals surface area contributed by atoms with E-state index in [1.807, 2.05) is 33.2 Å². The second kappa shape index (κ2) is 6.35. The molecule has 0 bridgehead atoms. The van der Waals surface area contributed by atoms with E-state index in [2.05, 4.69) is 42.0 Å². The third kappa shape index (κ3) is 5.16. The Balaban J connectivity index is 2.68. The van der Waals surface area contributed by atoms with Crippen molar-refractivity contribution in [3.63, 3.8) is 0 Å². The van der Waals surface area contributed by atoms with E-state index in [4.69, 9.17) is 0 Å². The molecule has 1 rings (SSSR count). The summed E-state index contributed by atoms with van der Waals surface area (Å²) in [6.07, 6.45) is 0. The van der Waals surface area contributed by atoms with Gasteiger partial charge in [-0.3, -0.25) is 4.79 Å². The molecule has 0 spiro atoms.